The summed E-state index contributed by atoms with van der Waals surface area (Å²) < 4.78 is 5.86. The van der Waals surface area contributed by atoms with Crippen molar-refractivity contribution in [3.63, 3.8) is 0 Å². The van der Waals surface area contributed by atoms with Gasteiger partial charge in [0.2, 0.25) is 5.89 Å². The van der Waals surface area contributed by atoms with E-state index >= 15 is 0 Å². The fourth-order valence-corrected chi connectivity index (χ4v) is 3.87. The smallest absolute Gasteiger partial charge is 0.236 e. The van der Waals surface area contributed by atoms with E-state index in [1.807, 2.05) is 13.0 Å². The molecule has 2 aromatic rings. The van der Waals surface area contributed by atoms with Gasteiger partial charge in [-0.2, -0.15) is 0 Å². The summed E-state index contributed by atoms with van der Waals surface area (Å²) in [6.45, 7) is 6.30. The highest BCUT2D eigenvalue weighted by Gasteiger charge is 2.22. The predicted molar refractivity (Wildman–Crippen MR) is 87.5 cm³/mol. The van der Waals surface area contributed by atoms with Gasteiger partial charge >= 0.3 is 0 Å². The fourth-order valence-electron chi connectivity index (χ4n) is 3.22. The van der Waals surface area contributed by atoms with Crippen LogP contribution in [0.5, 0.6) is 0 Å². The molecule has 1 fully saturated rings. The molecule has 0 aliphatic heterocycles. The monoisotopic (exact) mass is 304 g/mol. The zero-order valence-electron chi connectivity index (χ0n) is 13.0. The molecule has 3 nitrogen and oxygen atoms in total. The average Bonchev–Trinajstić information content (AvgIpc) is 3.15. The van der Waals surface area contributed by atoms with Crippen LogP contribution in [0, 0.1) is 6.92 Å². The van der Waals surface area contributed by atoms with E-state index in [4.69, 9.17) is 9.40 Å². The summed E-state index contributed by atoms with van der Waals surface area (Å²) in [7, 11) is 0. The van der Waals surface area contributed by atoms with Crippen LogP contribution in [-0.2, 0) is 6.54 Å². The summed E-state index contributed by atoms with van der Waals surface area (Å²) in [5, 5.41) is 2.06. The van der Waals surface area contributed by atoms with Crippen molar-refractivity contribution in [3.8, 4) is 10.8 Å². The Labute approximate surface area is 131 Å². The highest BCUT2D eigenvalue weighted by atomic mass is 32.1. The molecule has 0 bridgehead atoms. The number of hydrogen-bond acceptors (Lipinski definition) is 4. The lowest BCUT2D eigenvalue weighted by molar-refractivity contribution is 0.154. The predicted octanol–water partition coefficient (Wildman–Crippen LogP) is 4.87. The van der Waals surface area contributed by atoms with E-state index < -0.39 is 0 Å². The molecule has 2 aromatic heterocycles. The van der Waals surface area contributed by atoms with Crippen LogP contribution in [0.3, 0.4) is 0 Å². The van der Waals surface area contributed by atoms with Gasteiger partial charge in [0.15, 0.2) is 0 Å². The lowest BCUT2D eigenvalue weighted by Gasteiger charge is -2.33. The summed E-state index contributed by atoms with van der Waals surface area (Å²) in [5.41, 5.74) is 1.10. The Bertz CT molecular complexity index is 555. The normalized spacial score (nSPS) is 16.7. The molecule has 114 valence electrons. The van der Waals surface area contributed by atoms with Gasteiger partial charge in [-0.25, -0.2) is 4.98 Å². The van der Waals surface area contributed by atoms with Crippen molar-refractivity contribution in [1.29, 1.82) is 0 Å². The van der Waals surface area contributed by atoms with Crippen molar-refractivity contribution in [2.24, 2.45) is 0 Å². The van der Waals surface area contributed by atoms with Gasteiger partial charge in [-0.3, -0.25) is 4.90 Å². The van der Waals surface area contributed by atoms with Crippen LogP contribution < -0.4 is 0 Å². The zero-order valence-corrected chi connectivity index (χ0v) is 13.8. The molecule has 2 heterocycles. The van der Waals surface area contributed by atoms with Gasteiger partial charge < -0.3 is 4.42 Å². The van der Waals surface area contributed by atoms with Crippen molar-refractivity contribution >= 4 is 11.3 Å². The van der Waals surface area contributed by atoms with Crippen LogP contribution in [0.4, 0.5) is 0 Å². The summed E-state index contributed by atoms with van der Waals surface area (Å²) in [4.78, 5) is 8.42. The standard InChI is InChI=1S/C17H24N2OS/c1-3-19(14-8-5-4-6-9-14)12-15-13(2)20-17(18-15)16-10-7-11-21-16/h7,10-11,14H,3-6,8-9,12H2,1-2H3. The first-order valence-electron chi connectivity index (χ1n) is 8.02. The van der Waals surface area contributed by atoms with Crippen molar-refractivity contribution < 1.29 is 4.42 Å². The van der Waals surface area contributed by atoms with Gasteiger partial charge in [-0.1, -0.05) is 32.3 Å². The number of oxazole rings is 1. The second kappa shape index (κ2) is 6.75. The maximum atomic E-state index is 5.86. The Kier molecular flexibility index (Phi) is 4.76. The summed E-state index contributed by atoms with van der Waals surface area (Å²) in [5.74, 6) is 1.74. The molecule has 0 atom stereocenters. The summed E-state index contributed by atoms with van der Waals surface area (Å²) >= 11 is 1.68. The summed E-state index contributed by atoms with van der Waals surface area (Å²) in [6, 6.07) is 4.84. The molecular weight excluding hydrogens is 280 g/mol. The van der Waals surface area contributed by atoms with E-state index in [2.05, 4.69) is 23.3 Å². The molecule has 1 saturated carbocycles. The molecule has 1 aliphatic rings. The van der Waals surface area contributed by atoms with Crippen molar-refractivity contribution in [2.75, 3.05) is 6.54 Å². The Balaban J connectivity index is 1.74. The maximum Gasteiger partial charge on any atom is 0.236 e. The molecule has 3 rings (SSSR count). The maximum absolute atomic E-state index is 5.86. The van der Waals surface area contributed by atoms with Crippen LogP contribution in [0.15, 0.2) is 21.9 Å². The van der Waals surface area contributed by atoms with E-state index in [-0.39, 0.29) is 0 Å². The van der Waals surface area contributed by atoms with E-state index in [1.54, 1.807) is 11.3 Å². The SMILES string of the molecule is CCN(Cc1nc(-c2cccs2)oc1C)C1CCCCC1. The number of rotatable bonds is 5. The number of thiophene rings is 1. The van der Waals surface area contributed by atoms with E-state index in [9.17, 15) is 0 Å². The third-order valence-electron chi connectivity index (χ3n) is 4.47. The molecule has 0 amide bonds. The van der Waals surface area contributed by atoms with Gasteiger partial charge in [0.1, 0.15) is 5.76 Å². The van der Waals surface area contributed by atoms with Gasteiger partial charge in [-0.15, -0.1) is 11.3 Å². The lowest BCUT2D eigenvalue weighted by Crippen LogP contribution is -2.36. The van der Waals surface area contributed by atoms with Crippen LogP contribution in [0.1, 0.15) is 50.5 Å². The third-order valence-corrected chi connectivity index (χ3v) is 5.33. The molecule has 0 unspecified atom stereocenters. The number of nitrogens with zero attached hydrogens (tertiary/aromatic N) is 2. The van der Waals surface area contributed by atoms with Gasteiger partial charge in [0.05, 0.1) is 10.6 Å². The zero-order chi connectivity index (χ0) is 14.7. The number of hydrogen-bond donors (Lipinski definition) is 0. The Morgan fingerprint density at radius 3 is 2.81 bits per heavy atom. The van der Waals surface area contributed by atoms with Crippen molar-refractivity contribution in [2.45, 2.75) is 58.5 Å². The highest BCUT2D eigenvalue weighted by Crippen LogP contribution is 2.28. The molecule has 0 N–H and O–H groups in total. The average molecular weight is 304 g/mol. The Morgan fingerprint density at radius 2 is 2.14 bits per heavy atom. The lowest BCUT2D eigenvalue weighted by atomic mass is 9.94. The highest BCUT2D eigenvalue weighted by molar-refractivity contribution is 7.13. The number of aromatic nitrogens is 1. The van der Waals surface area contributed by atoms with Crippen LogP contribution in [0.25, 0.3) is 10.8 Å². The first kappa shape index (κ1) is 14.8. The number of aryl methyl sites for hydroxylation is 1. The molecule has 1 aliphatic carbocycles. The van der Waals surface area contributed by atoms with Gasteiger partial charge in [0.25, 0.3) is 0 Å². The largest absolute Gasteiger partial charge is 0.440 e. The van der Waals surface area contributed by atoms with Crippen LogP contribution in [-0.4, -0.2) is 22.5 Å². The van der Waals surface area contributed by atoms with Gasteiger partial charge in [0, 0.05) is 12.6 Å². The Morgan fingerprint density at radius 1 is 1.33 bits per heavy atom. The van der Waals surface area contributed by atoms with Crippen LogP contribution in [0.2, 0.25) is 0 Å². The minimum Gasteiger partial charge on any atom is -0.440 e. The van der Waals surface area contributed by atoms with E-state index in [0.29, 0.717) is 0 Å². The molecular formula is C17H24N2OS. The molecule has 21 heavy (non-hydrogen) atoms. The molecule has 4 heteroatoms. The van der Waals surface area contributed by atoms with Gasteiger partial charge in [-0.05, 0) is 37.8 Å². The first-order valence-corrected chi connectivity index (χ1v) is 8.90. The van der Waals surface area contributed by atoms with Crippen LogP contribution >= 0.6 is 11.3 Å². The third kappa shape index (κ3) is 3.38. The van der Waals surface area contributed by atoms with E-state index in [0.717, 1.165) is 41.4 Å². The van der Waals surface area contributed by atoms with Crippen molar-refractivity contribution in [1.82, 2.24) is 9.88 Å². The first-order chi connectivity index (χ1) is 10.3. The molecule has 0 radical (unpaired) electrons. The minimum atomic E-state index is 0.727. The topological polar surface area (TPSA) is 29.3 Å². The second-order valence-electron chi connectivity index (χ2n) is 5.85. The summed E-state index contributed by atoms with van der Waals surface area (Å²) in [6.07, 6.45) is 6.82. The molecule has 0 aromatic carbocycles. The van der Waals surface area contributed by atoms with Crippen molar-refractivity contribution in [3.05, 3.63) is 29.0 Å². The second-order valence-corrected chi connectivity index (χ2v) is 6.80. The quantitative estimate of drug-likeness (QED) is 0.789. The minimum absolute atomic E-state index is 0.727. The Hall–Kier alpha value is -1.13. The van der Waals surface area contributed by atoms with E-state index in [1.165, 1.54) is 32.1 Å². The molecule has 0 spiro atoms. The fraction of sp³-hybridized carbons (Fsp3) is 0.588. The molecule has 0 saturated heterocycles.